The fraction of sp³-hybridized carbons (Fsp3) is 0.0667. The van der Waals surface area contributed by atoms with Crippen molar-refractivity contribution in [2.45, 2.75) is 6.92 Å². The molecule has 1 aliphatic rings. The Bertz CT molecular complexity index is 790. The third-order valence-corrected chi connectivity index (χ3v) is 3.82. The zero-order valence-corrected chi connectivity index (χ0v) is 12.4. The van der Waals surface area contributed by atoms with Crippen molar-refractivity contribution in [3.8, 4) is 11.3 Å². The standard InChI is InChI=1S/C15H9Cl2NO3/c1-8-11(15(19)21-18-8)7-9-5-6-13(20-9)10-3-2-4-12(16)14(10)17/h2-7H,1H3/b11-7-. The highest BCUT2D eigenvalue weighted by Crippen LogP contribution is 2.34. The summed E-state index contributed by atoms with van der Waals surface area (Å²) in [5.74, 6) is 0.575. The lowest BCUT2D eigenvalue weighted by Crippen LogP contribution is -2.01. The first kappa shape index (κ1) is 13.9. The maximum atomic E-state index is 11.5. The van der Waals surface area contributed by atoms with Crippen LogP contribution in [0.2, 0.25) is 10.0 Å². The van der Waals surface area contributed by atoms with Gasteiger partial charge in [-0.25, -0.2) is 4.79 Å². The Morgan fingerprint density at radius 2 is 2.00 bits per heavy atom. The van der Waals surface area contributed by atoms with Crippen molar-refractivity contribution in [1.82, 2.24) is 0 Å². The number of oxime groups is 1. The van der Waals surface area contributed by atoms with Crippen LogP contribution < -0.4 is 0 Å². The van der Waals surface area contributed by atoms with E-state index in [9.17, 15) is 4.79 Å². The van der Waals surface area contributed by atoms with E-state index in [-0.39, 0.29) is 0 Å². The summed E-state index contributed by atoms with van der Waals surface area (Å²) in [7, 11) is 0. The van der Waals surface area contributed by atoms with Crippen molar-refractivity contribution >= 4 is 41.0 Å². The van der Waals surface area contributed by atoms with Crippen molar-refractivity contribution in [2.75, 3.05) is 0 Å². The first-order chi connectivity index (χ1) is 10.1. The van der Waals surface area contributed by atoms with Gasteiger partial charge in [0.05, 0.1) is 21.3 Å². The highest BCUT2D eigenvalue weighted by atomic mass is 35.5. The summed E-state index contributed by atoms with van der Waals surface area (Å²) in [6.45, 7) is 1.69. The van der Waals surface area contributed by atoms with E-state index in [0.717, 1.165) is 0 Å². The van der Waals surface area contributed by atoms with Gasteiger partial charge in [-0.05, 0) is 37.3 Å². The van der Waals surface area contributed by atoms with Crippen molar-refractivity contribution in [1.29, 1.82) is 0 Å². The van der Waals surface area contributed by atoms with Gasteiger partial charge in [-0.15, -0.1) is 0 Å². The van der Waals surface area contributed by atoms with Crippen LogP contribution in [0, 0.1) is 0 Å². The van der Waals surface area contributed by atoms with Crippen molar-refractivity contribution < 1.29 is 14.0 Å². The average molecular weight is 322 g/mol. The van der Waals surface area contributed by atoms with Gasteiger partial charge in [-0.1, -0.05) is 34.4 Å². The Morgan fingerprint density at radius 1 is 1.19 bits per heavy atom. The average Bonchev–Trinajstić information content (AvgIpc) is 3.04. The molecule has 0 atom stereocenters. The van der Waals surface area contributed by atoms with Crippen LogP contribution >= 0.6 is 23.2 Å². The van der Waals surface area contributed by atoms with Crippen LogP contribution in [-0.2, 0) is 9.63 Å². The van der Waals surface area contributed by atoms with Gasteiger partial charge in [0.2, 0.25) is 0 Å². The van der Waals surface area contributed by atoms with E-state index in [2.05, 4.69) is 9.99 Å². The fourth-order valence-electron chi connectivity index (χ4n) is 1.93. The van der Waals surface area contributed by atoms with Crippen LogP contribution in [0.25, 0.3) is 17.4 Å². The summed E-state index contributed by atoms with van der Waals surface area (Å²) in [6, 6.07) is 8.79. The molecule has 0 radical (unpaired) electrons. The summed E-state index contributed by atoms with van der Waals surface area (Å²) in [5, 5.41) is 4.48. The number of hydrogen-bond donors (Lipinski definition) is 0. The predicted octanol–water partition coefficient (Wildman–Crippen LogP) is 4.57. The molecule has 0 aliphatic carbocycles. The first-order valence-corrected chi connectivity index (χ1v) is 6.84. The quantitative estimate of drug-likeness (QED) is 0.601. The minimum atomic E-state index is -0.494. The Kier molecular flexibility index (Phi) is 3.57. The lowest BCUT2D eigenvalue weighted by atomic mass is 10.1. The second-order valence-corrected chi connectivity index (χ2v) is 5.20. The van der Waals surface area contributed by atoms with Crippen molar-refractivity contribution in [3.63, 3.8) is 0 Å². The molecule has 21 heavy (non-hydrogen) atoms. The zero-order valence-electron chi connectivity index (χ0n) is 10.9. The van der Waals surface area contributed by atoms with Crippen LogP contribution in [0.1, 0.15) is 12.7 Å². The number of carbonyl (C=O) groups is 1. The molecule has 0 saturated heterocycles. The molecule has 1 aliphatic heterocycles. The Morgan fingerprint density at radius 3 is 2.71 bits per heavy atom. The molecule has 1 aromatic carbocycles. The highest BCUT2D eigenvalue weighted by molar-refractivity contribution is 6.43. The van der Waals surface area contributed by atoms with Crippen molar-refractivity contribution in [3.05, 3.63) is 51.7 Å². The molecule has 0 spiro atoms. The lowest BCUT2D eigenvalue weighted by Gasteiger charge is -2.02. The molecule has 106 valence electrons. The summed E-state index contributed by atoms with van der Waals surface area (Å²) in [4.78, 5) is 16.1. The molecule has 3 rings (SSSR count). The maximum Gasteiger partial charge on any atom is 0.367 e. The molecule has 4 nitrogen and oxygen atoms in total. The molecule has 0 amide bonds. The molecule has 2 aromatic rings. The molecule has 0 fully saturated rings. The number of carbonyl (C=O) groups excluding carboxylic acids is 1. The minimum absolute atomic E-state index is 0.369. The SMILES string of the molecule is CC1=NOC(=O)/C1=C\c1ccc(-c2cccc(Cl)c2Cl)o1. The van der Waals surface area contributed by atoms with Gasteiger partial charge >= 0.3 is 5.97 Å². The van der Waals surface area contributed by atoms with Crippen LogP contribution in [0.4, 0.5) is 0 Å². The van der Waals surface area contributed by atoms with E-state index >= 15 is 0 Å². The Labute approximate surface area is 130 Å². The lowest BCUT2D eigenvalue weighted by molar-refractivity contribution is -0.136. The van der Waals surface area contributed by atoms with E-state index in [1.54, 1.807) is 43.3 Å². The number of hydrogen-bond acceptors (Lipinski definition) is 4. The molecule has 0 bridgehead atoms. The van der Waals surface area contributed by atoms with Crippen LogP contribution in [-0.4, -0.2) is 11.7 Å². The topological polar surface area (TPSA) is 51.8 Å². The van der Waals surface area contributed by atoms with E-state index in [0.29, 0.717) is 38.4 Å². The van der Waals surface area contributed by atoms with E-state index in [1.807, 2.05) is 0 Å². The van der Waals surface area contributed by atoms with Gasteiger partial charge in [-0.3, -0.25) is 0 Å². The summed E-state index contributed by atoms with van der Waals surface area (Å²) < 4.78 is 5.68. The minimum Gasteiger partial charge on any atom is -0.457 e. The molecule has 2 heterocycles. The second-order valence-electron chi connectivity index (χ2n) is 4.42. The number of nitrogens with zero attached hydrogens (tertiary/aromatic N) is 1. The highest BCUT2D eigenvalue weighted by Gasteiger charge is 2.22. The molecular weight excluding hydrogens is 313 g/mol. The summed E-state index contributed by atoms with van der Waals surface area (Å²) in [6.07, 6.45) is 1.58. The number of furan rings is 1. The Hall–Kier alpha value is -2.04. The van der Waals surface area contributed by atoms with Gasteiger partial charge < -0.3 is 9.25 Å². The van der Waals surface area contributed by atoms with Gasteiger partial charge in [0.1, 0.15) is 11.5 Å². The first-order valence-electron chi connectivity index (χ1n) is 6.08. The summed E-state index contributed by atoms with van der Waals surface area (Å²) in [5.41, 5.74) is 1.57. The van der Waals surface area contributed by atoms with Crippen LogP contribution in [0.3, 0.4) is 0 Å². The van der Waals surface area contributed by atoms with E-state index in [4.69, 9.17) is 27.6 Å². The molecule has 0 unspecified atom stereocenters. The fourth-order valence-corrected chi connectivity index (χ4v) is 2.32. The third-order valence-electron chi connectivity index (χ3n) is 3.01. The maximum absolute atomic E-state index is 11.5. The molecule has 6 heteroatoms. The zero-order chi connectivity index (χ0) is 15.0. The van der Waals surface area contributed by atoms with E-state index in [1.165, 1.54) is 0 Å². The van der Waals surface area contributed by atoms with Gasteiger partial charge in [0.15, 0.2) is 0 Å². The molecular formula is C15H9Cl2NO3. The monoisotopic (exact) mass is 321 g/mol. The summed E-state index contributed by atoms with van der Waals surface area (Å²) >= 11 is 12.1. The number of benzene rings is 1. The van der Waals surface area contributed by atoms with E-state index < -0.39 is 5.97 Å². The third kappa shape index (κ3) is 2.60. The van der Waals surface area contributed by atoms with Crippen molar-refractivity contribution in [2.24, 2.45) is 5.16 Å². The van der Waals surface area contributed by atoms with Gasteiger partial charge in [0, 0.05) is 5.56 Å². The van der Waals surface area contributed by atoms with Crippen LogP contribution in [0.5, 0.6) is 0 Å². The number of halogens is 2. The normalized spacial score (nSPS) is 16.2. The second kappa shape index (κ2) is 5.39. The molecule has 0 saturated carbocycles. The Balaban J connectivity index is 1.98. The molecule has 1 aromatic heterocycles. The predicted molar refractivity (Wildman–Crippen MR) is 81.3 cm³/mol. The molecule has 0 N–H and O–H groups in total. The number of rotatable bonds is 2. The van der Waals surface area contributed by atoms with Crippen LogP contribution in [0.15, 0.2) is 45.5 Å². The van der Waals surface area contributed by atoms with Gasteiger partial charge in [-0.2, -0.15) is 0 Å². The van der Waals surface area contributed by atoms with Gasteiger partial charge in [0.25, 0.3) is 0 Å². The smallest absolute Gasteiger partial charge is 0.367 e. The largest absolute Gasteiger partial charge is 0.457 e.